The van der Waals surface area contributed by atoms with Crippen molar-refractivity contribution in [3.05, 3.63) is 41.7 Å². The molecule has 0 unspecified atom stereocenters. The lowest BCUT2D eigenvalue weighted by Crippen LogP contribution is -2.44. The molecule has 1 saturated heterocycles. The highest BCUT2D eigenvalue weighted by atomic mass is 32.1. The lowest BCUT2D eigenvalue weighted by atomic mass is 10.0. The predicted molar refractivity (Wildman–Crippen MR) is 100 cm³/mol. The summed E-state index contributed by atoms with van der Waals surface area (Å²) in [6.07, 6.45) is 7.88. The van der Waals surface area contributed by atoms with Gasteiger partial charge in [-0.15, -0.1) is 11.3 Å². The number of hydrogen-bond acceptors (Lipinski definition) is 6. The molecule has 0 atom stereocenters. The maximum Gasteiger partial charge on any atom is 0.225 e. The van der Waals surface area contributed by atoms with Crippen LogP contribution < -0.4 is 9.80 Å². The highest BCUT2D eigenvalue weighted by molar-refractivity contribution is 7.17. The Morgan fingerprint density at radius 1 is 1.12 bits per heavy atom. The Hall–Kier alpha value is -2.21. The van der Waals surface area contributed by atoms with Crippen LogP contribution in [0.5, 0.6) is 0 Å². The molecular formula is C18H21N5S. The topological polar surface area (TPSA) is 45.2 Å². The van der Waals surface area contributed by atoms with Gasteiger partial charge in [0.1, 0.15) is 5.82 Å². The van der Waals surface area contributed by atoms with Gasteiger partial charge < -0.3 is 9.80 Å². The Labute approximate surface area is 146 Å². The van der Waals surface area contributed by atoms with Crippen LogP contribution in [0.2, 0.25) is 0 Å². The number of rotatable bonds is 3. The van der Waals surface area contributed by atoms with Crippen LogP contribution in [0, 0.1) is 6.92 Å². The number of fused-ring (bicyclic) bond motifs is 1. The Kier molecular flexibility index (Phi) is 4.06. The summed E-state index contributed by atoms with van der Waals surface area (Å²) in [7, 11) is 2.10. The summed E-state index contributed by atoms with van der Waals surface area (Å²) >= 11 is 1.78. The van der Waals surface area contributed by atoms with Crippen molar-refractivity contribution in [2.24, 2.45) is 0 Å². The lowest BCUT2D eigenvalue weighted by molar-refractivity contribution is 0.476. The first-order chi connectivity index (χ1) is 11.7. The van der Waals surface area contributed by atoms with Crippen molar-refractivity contribution in [2.45, 2.75) is 25.8 Å². The molecule has 1 fully saturated rings. The molecule has 1 aliphatic heterocycles. The lowest BCUT2D eigenvalue weighted by Gasteiger charge is -2.37. The van der Waals surface area contributed by atoms with E-state index in [2.05, 4.69) is 49.3 Å². The molecule has 0 amide bonds. The van der Waals surface area contributed by atoms with Crippen molar-refractivity contribution < 1.29 is 0 Å². The minimum absolute atomic E-state index is 0.477. The molecule has 0 aromatic carbocycles. The predicted octanol–water partition coefficient (Wildman–Crippen LogP) is 3.50. The van der Waals surface area contributed by atoms with E-state index in [1.165, 1.54) is 10.1 Å². The maximum absolute atomic E-state index is 4.63. The van der Waals surface area contributed by atoms with E-state index < -0.39 is 0 Å². The van der Waals surface area contributed by atoms with Crippen LogP contribution in [0.15, 0.2) is 36.1 Å². The van der Waals surface area contributed by atoms with Gasteiger partial charge in [-0.3, -0.25) is 0 Å². The van der Waals surface area contributed by atoms with E-state index in [1.807, 2.05) is 25.5 Å². The van der Waals surface area contributed by atoms with E-state index in [4.69, 9.17) is 0 Å². The van der Waals surface area contributed by atoms with Gasteiger partial charge in [0.25, 0.3) is 0 Å². The number of thiophene rings is 1. The van der Waals surface area contributed by atoms with Gasteiger partial charge in [-0.25, -0.2) is 15.0 Å². The third kappa shape index (κ3) is 2.82. The molecule has 24 heavy (non-hydrogen) atoms. The summed E-state index contributed by atoms with van der Waals surface area (Å²) in [5.74, 6) is 1.94. The van der Waals surface area contributed by atoms with Crippen molar-refractivity contribution in [1.82, 2.24) is 15.0 Å². The molecule has 6 heteroatoms. The Balaban J connectivity index is 1.47. The number of pyridine rings is 1. The minimum atomic E-state index is 0.477. The first kappa shape index (κ1) is 15.3. The first-order valence-electron chi connectivity index (χ1n) is 8.31. The number of piperidine rings is 1. The van der Waals surface area contributed by atoms with Crippen molar-refractivity contribution in [2.75, 3.05) is 29.9 Å². The summed E-state index contributed by atoms with van der Waals surface area (Å²) in [6, 6.07) is 4.75. The third-order valence-electron chi connectivity index (χ3n) is 4.75. The van der Waals surface area contributed by atoms with Crippen molar-refractivity contribution in [3.63, 3.8) is 0 Å². The number of aromatic nitrogens is 3. The highest BCUT2D eigenvalue weighted by Gasteiger charge is 2.25. The van der Waals surface area contributed by atoms with Crippen molar-refractivity contribution in [1.29, 1.82) is 0 Å². The van der Waals surface area contributed by atoms with E-state index in [0.717, 1.165) is 43.3 Å². The summed E-state index contributed by atoms with van der Waals surface area (Å²) < 4.78 is 1.31. The van der Waals surface area contributed by atoms with Crippen molar-refractivity contribution in [3.8, 4) is 0 Å². The SMILES string of the molecule is Cc1cnc(N(C)C2CCN(c3nccc4sccc34)CC2)nc1. The average molecular weight is 339 g/mol. The zero-order valence-electron chi connectivity index (χ0n) is 14.0. The monoisotopic (exact) mass is 339 g/mol. The minimum Gasteiger partial charge on any atom is -0.356 e. The second-order valence-electron chi connectivity index (χ2n) is 6.36. The summed E-state index contributed by atoms with van der Waals surface area (Å²) in [6.45, 7) is 4.05. The largest absolute Gasteiger partial charge is 0.356 e. The van der Waals surface area contributed by atoms with Gasteiger partial charge in [0.2, 0.25) is 5.95 Å². The van der Waals surface area contributed by atoms with Crippen LogP contribution in [0.1, 0.15) is 18.4 Å². The van der Waals surface area contributed by atoms with E-state index in [-0.39, 0.29) is 0 Å². The summed E-state index contributed by atoms with van der Waals surface area (Å²) in [5, 5.41) is 3.42. The zero-order valence-corrected chi connectivity index (χ0v) is 14.8. The zero-order chi connectivity index (χ0) is 16.5. The summed E-state index contributed by atoms with van der Waals surface area (Å²) in [4.78, 5) is 18.2. The Bertz CT molecular complexity index is 821. The molecule has 0 bridgehead atoms. The van der Waals surface area contributed by atoms with Crippen molar-refractivity contribution >= 4 is 33.2 Å². The average Bonchev–Trinajstić information content (AvgIpc) is 3.11. The van der Waals surface area contributed by atoms with Crippen LogP contribution in [-0.4, -0.2) is 41.1 Å². The number of aryl methyl sites for hydroxylation is 1. The molecule has 3 aromatic rings. The molecule has 124 valence electrons. The third-order valence-corrected chi connectivity index (χ3v) is 5.64. The second-order valence-corrected chi connectivity index (χ2v) is 7.30. The van der Waals surface area contributed by atoms with Crippen LogP contribution in [0.4, 0.5) is 11.8 Å². The highest BCUT2D eigenvalue weighted by Crippen LogP contribution is 2.30. The van der Waals surface area contributed by atoms with Crippen LogP contribution in [0.3, 0.4) is 0 Å². The van der Waals surface area contributed by atoms with Gasteiger partial charge in [-0.1, -0.05) is 0 Å². The molecule has 0 radical (unpaired) electrons. The number of hydrogen-bond donors (Lipinski definition) is 0. The molecule has 1 aliphatic rings. The van der Waals surface area contributed by atoms with Gasteiger partial charge >= 0.3 is 0 Å². The van der Waals surface area contributed by atoms with Gasteiger partial charge in [-0.05, 0) is 42.8 Å². The molecule has 3 aromatic heterocycles. The van der Waals surface area contributed by atoms with Gasteiger partial charge in [0, 0.05) is 54.9 Å². The van der Waals surface area contributed by atoms with E-state index in [9.17, 15) is 0 Å². The fourth-order valence-electron chi connectivity index (χ4n) is 3.33. The molecule has 5 nitrogen and oxygen atoms in total. The molecule has 0 saturated carbocycles. The maximum atomic E-state index is 4.63. The van der Waals surface area contributed by atoms with Gasteiger partial charge in [-0.2, -0.15) is 0 Å². The Morgan fingerprint density at radius 2 is 1.88 bits per heavy atom. The van der Waals surface area contributed by atoms with Gasteiger partial charge in [0.15, 0.2) is 0 Å². The van der Waals surface area contributed by atoms with Crippen LogP contribution in [-0.2, 0) is 0 Å². The van der Waals surface area contributed by atoms with E-state index in [1.54, 1.807) is 11.3 Å². The Morgan fingerprint density at radius 3 is 2.62 bits per heavy atom. The van der Waals surface area contributed by atoms with Crippen LogP contribution in [0.25, 0.3) is 10.1 Å². The second kappa shape index (κ2) is 6.36. The molecule has 0 spiro atoms. The quantitative estimate of drug-likeness (QED) is 0.731. The van der Waals surface area contributed by atoms with Gasteiger partial charge in [0.05, 0.1) is 0 Å². The smallest absolute Gasteiger partial charge is 0.225 e. The molecule has 4 heterocycles. The fourth-order valence-corrected chi connectivity index (χ4v) is 4.10. The standard InChI is InChI=1S/C18H21N5S/c1-13-11-20-18(21-12-13)22(2)14-4-8-23(9-5-14)17-15-6-10-24-16(15)3-7-19-17/h3,6-7,10-12,14H,4-5,8-9H2,1-2H3. The first-order valence-corrected chi connectivity index (χ1v) is 9.19. The fraction of sp³-hybridized carbons (Fsp3) is 0.389. The van der Waals surface area contributed by atoms with Crippen LogP contribution >= 0.6 is 11.3 Å². The summed E-state index contributed by atoms with van der Waals surface area (Å²) in [5.41, 5.74) is 1.09. The number of anilines is 2. The molecule has 0 aliphatic carbocycles. The van der Waals surface area contributed by atoms with E-state index in [0.29, 0.717) is 6.04 Å². The number of nitrogens with zero attached hydrogens (tertiary/aromatic N) is 5. The normalized spacial score (nSPS) is 15.8. The van der Waals surface area contributed by atoms with E-state index >= 15 is 0 Å². The molecule has 0 N–H and O–H groups in total. The molecule has 4 rings (SSSR count). The molecular weight excluding hydrogens is 318 g/mol.